The lowest BCUT2D eigenvalue weighted by molar-refractivity contribution is -0.128. The van der Waals surface area contributed by atoms with Crippen LogP contribution < -0.4 is 0 Å². The van der Waals surface area contributed by atoms with Crippen molar-refractivity contribution in [3.8, 4) is 0 Å². The van der Waals surface area contributed by atoms with Crippen molar-refractivity contribution >= 4 is 28.5 Å². The Bertz CT molecular complexity index is 856. The van der Waals surface area contributed by atoms with E-state index >= 15 is 0 Å². The fourth-order valence-electron chi connectivity index (χ4n) is 2.54. The van der Waals surface area contributed by atoms with Crippen LogP contribution in [0.3, 0.4) is 0 Å². The highest BCUT2D eigenvalue weighted by molar-refractivity contribution is 6.31. The van der Waals surface area contributed by atoms with E-state index in [1.165, 1.54) is 0 Å². The molecular formula is C18H18ClN3O. The molecule has 0 aliphatic carbocycles. The molecule has 0 atom stereocenters. The average molecular weight is 328 g/mol. The summed E-state index contributed by atoms with van der Waals surface area (Å²) in [5, 5.41) is 0.733. The molecule has 0 saturated heterocycles. The van der Waals surface area contributed by atoms with Crippen molar-refractivity contribution in [2.45, 2.75) is 20.0 Å². The molecule has 4 nitrogen and oxygen atoms in total. The Morgan fingerprint density at radius 2 is 1.87 bits per heavy atom. The van der Waals surface area contributed by atoms with Crippen LogP contribution in [-0.2, 0) is 17.9 Å². The van der Waals surface area contributed by atoms with E-state index in [1.807, 2.05) is 48.5 Å². The molecular weight excluding hydrogens is 310 g/mol. The first-order valence-electron chi connectivity index (χ1n) is 7.45. The van der Waals surface area contributed by atoms with Gasteiger partial charge in [0.05, 0.1) is 24.1 Å². The second-order valence-electron chi connectivity index (χ2n) is 5.57. The summed E-state index contributed by atoms with van der Waals surface area (Å²) in [6.45, 7) is 2.65. The average Bonchev–Trinajstić information content (AvgIpc) is 2.87. The predicted molar refractivity (Wildman–Crippen MR) is 92.4 cm³/mol. The van der Waals surface area contributed by atoms with Gasteiger partial charge in [-0.2, -0.15) is 0 Å². The van der Waals surface area contributed by atoms with Crippen molar-refractivity contribution in [3.05, 3.63) is 64.9 Å². The third-order valence-corrected chi connectivity index (χ3v) is 4.30. The Labute approximate surface area is 140 Å². The van der Waals surface area contributed by atoms with Crippen molar-refractivity contribution in [3.63, 3.8) is 0 Å². The minimum absolute atomic E-state index is 0.0151. The number of carbonyl (C=O) groups is 1. The maximum atomic E-state index is 11.6. The number of benzene rings is 2. The second-order valence-corrected chi connectivity index (χ2v) is 5.98. The number of amides is 1. The summed E-state index contributed by atoms with van der Waals surface area (Å²) in [6, 6.07) is 15.8. The first kappa shape index (κ1) is 15.6. The molecule has 23 heavy (non-hydrogen) atoms. The number of halogens is 1. The van der Waals surface area contributed by atoms with E-state index in [1.54, 1.807) is 18.9 Å². The molecule has 0 unspecified atom stereocenters. The normalized spacial score (nSPS) is 10.9. The Morgan fingerprint density at radius 3 is 2.61 bits per heavy atom. The van der Waals surface area contributed by atoms with Gasteiger partial charge >= 0.3 is 0 Å². The van der Waals surface area contributed by atoms with Gasteiger partial charge in [-0.3, -0.25) is 4.79 Å². The smallest absolute Gasteiger partial charge is 0.219 e. The summed E-state index contributed by atoms with van der Waals surface area (Å²) >= 11 is 6.30. The summed E-state index contributed by atoms with van der Waals surface area (Å²) in [7, 11) is 1.78. The highest BCUT2D eigenvalue weighted by atomic mass is 35.5. The van der Waals surface area contributed by atoms with E-state index < -0.39 is 0 Å². The van der Waals surface area contributed by atoms with Gasteiger partial charge in [-0.05, 0) is 23.8 Å². The molecule has 2 aromatic carbocycles. The summed E-state index contributed by atoms with van der Waals surface area (Å²) in [6.07, 6.45) is 0. The quantitative estimate of drug-likeness (QED) is 0.732. The van der Waals surface area contributed by atoms with Gasteiger partial charge in [0.25, 0.3) is 0 Å². The van der Waals surface area contributed by atoms with Gasteiger partial charge in [-0.15, -0.1) is 0 Å². The van der Waals surface area contributed by atoms with Crippen LogP contribution in [0.15, 0.2) is 48.5 Å². The lowest BCUT2D eigenvalue weighted by atomic mass is 10.2. The summed E-state index contributed by atoms with van der Waals surface area (Å²) < 4.78 is 2.12. The Balaban J connectivity index is 2.06. The number of carbonyl (C=O) groups excluding carboxylic acids is 1. The summed E-state index contributed by atoms with van der Waals surface area (Å²) in [5.41, 5.74) is 3.00. The van der Waals surface area contributed by atoms with Crippen molar-refractivity contribution in [1.29, 1.82) is 0 Å². The van der Waals surface area contributed by atoms with Gasteiger partial charge in [0.15, 0.2) is 0 Å². The van der Waals surface area contributed by atoms with E-state index in [0.29, 0.717) is 13.1 Å². The number of hydrogen-bond acceptors (Lipinski definition) is 2. The zero-order valence-electron chi connectivity index (χ0n) is 13.2. The van der Waals surface area contributed by atoms with Crippen LogP contribution in [0.4, 0.5) is 0 Å². The number of hydrogen-bond donors (Lipinski definition) is 0. The molecule has 1 amide bonds. The Kier molecular flexibility index (Phi) is 4.35. The minimum atomic E-state index is 0.0151. The molecule has 0 N–H and O–H groups in total. The van der Waals surface area contributed by atoms with Gasteiger partial charge in [-0.1, -0.05) is 41.9 Å². The van der Waals surface area contributed by atoms with Crippen molar-refractivity contribution in [2.24, 2.45) is 0 Å². The number of fused-ring (bicyclic) bond motifs is 1. The molecule has 118 valence electrons. The standard InChI is InChI=1S/C18H18ClN3O/c1-13(23)21(2)12-18-20-16-9-5-6-10-17(16)22(18)11-14-7-3-4-8-15(14)19/h3-10H,11-12H2,1-2H3. The number of nitrogens with zero attached hydrogens (tertiary/aromatic N) is 3. The topological polar surface area (TPSA) is 38.1 Å². The van der Waals surface area contributed by atoms with E-state index in [2.05, 4.69) is 9.55 Å². The summed E-state index contributed by atoms with van der Waals surface area (Å²) in [5.74, 6) is 0.866. The van der Waals surface area contributed by atoms with Gasteiger partial charge in [0.2, 0.25) is 5.91 Å². The minimum Gasteiger partial charge on any atom is -0.339 e. The molecule has 0 aliphatic rings. The van der Waals surface area contributed by atoms with E-state index in [0.717, 1.165) is 27.4 Å². The maximum Gasteiger partial charge on any atom is 0.219 e. The number of aromatic nitrogens is 2. The van der Waals surface area contributed by atoms with Gasteiger partial charge in [-0.25, -0.2) is 4.98 Å². The van der Waals surface area contributed by atoms with E-state index in [4.69, 9.17) is 11.6 Å². The van der Waals surface area contributed by atoms with Crippen molar-refractivity contribution in [1.82, 2.24) is 14.5 Å². The fraction of sp³-hybridized carbons (Fsp3) is 0.222. The fourth-order valence-corrected chi connectivity index (χ4v) is 2.74. The molecule has 3 aromatic rings. The molecule has 0 aliphatic heterocycles. The third kappa shape index (κ3) is 3.22. The lowest BCUT2D eigenvalue weighted by Gasteiger charge is -2.16. The van der Waals surface area contributed by atoms with E-state index in [9.17, 15) is 4.79 Å². The zero-order chi connectivity index (χ0) is 16.4. The van der Waals surface area contributed by atoms with Gasteiger partial charge < -0.3 is 9.47 Å². The van der Waals surface area contributed by atoms with Crippen LogP contribution in [-0.4, -0.2) is 27.4 Å². The molecule has 3 rings (SSSR count). The first-order chi connectivity index (χ1) is 11.1. The highest BCUT2D eigenvalue weighted by Gasteiger charge is 2.14. The van der Waals surface area contributed by atoms with Gasteiger partial charge in [0.1, 0.15) is 5.82 Å². The van der Waals surface area contributed by atoms with Crippen molar-refractivity contribution in [2.75, 3.05) is 7.05 Å². The van der Waals surface area contributed by atoms with Gasteiger partial charge in [0, 0.05) is 19.0 Å². The zero-order valence-corrected chi connectivity index (χ0v) is 13.9. The molecule has 0 saturated carbocycles. The molecule has 0 spiro atoms. The molecule has 0 fully saturated rings. The summed E-state index contributed by atoms with van der Waals surface area (Å²) in [4.78, 5) is 17.9. The number of rotatable bonds is 4. The van der Waals surface area contributed by atoms with Crippen LogP contribution in [0.25, 0.3) is 11.0 Å². The maximum absolute atomic E-state index is 11.6. The third-order valence-electron chi connectivity index (χ3n) is 3.94. The molecule has 1 heterocycles. The van der Waals surface area contributed by atoms with Crippen LogP contribution >= 0.6 is 11.6 Å². The van der Waals surface area contributed by atoms with E-state index in [-0.39, 0.29) is 5.91 Å². The Hall–Kier alpha value is -2.33. The highest BCUT2D eigenvalue weighted by Crippen LogP contribution is 2.22. The largest absolute Gasteiger partial charge is 0.339 e. The van der Waals surface area contributed by atoms with Crippen molar-refractivity contribution < 1.29 is 4.79 Å². The molecule has 0 radical (unpaired) electrons. The Morgan fingerprint density at radius 1 is 1.17 bits per heavy atom. The SMILES string of the molecule is CC(=O)N(C)Cc1nc2ccccc2n1Cc1ccccc1Cl. The number of imidazole rings is 1. The molecule has 0 bridgehead atoms. The second kappa shape index (κ2) is 6.42. The number of para-hydroxylation sites is 2. The van der Waals surface area contributed by atoms with Crippen LogP contribution in [0, 0.1) is 0 Å². The molecule has 5 heteroatoms. The first-order valence-corrected chi connectivity index (χ1v) is 7.83. The van der Waals surface area contributed by atoms with Crippen LogP contribution in [0.1, 0.15) is 18.3 Å². The molecule has 1 aromatic heterocycles. The lowest BCUT2D eigenvalue weighted by Crippen LogP contribution is -2.25. The predicted octanol–water partition coefficient (Wildman–Crippen LogP) is 3.72. The van der Waals surface area contributed by atoms with Crippen LogP contribution in [0.2, 0.25) is 5.02 Å². The monoisotopic (exact) mass is 327 g/mol. The van der Waals surface area contributed by atoms with Crippen LogP contribution in [0.5, 0.6) is 0 Å².